The molecule has 0 atom stereocenters. The van der Waals surface area contributed by atoms with Gasteiger partial charge in [-0.05, 0) is 24.6 Å². The average molecular weight is 444 g/mol. The van der Waals surface area contributed by atoms with Crippen molar-refractivity contribution in [1.29, 1.82) is 0 Å². The molecule has 0 amide bonds. The molecule has 4 rings (SSSR count). The van der Waals surface area contributed by atoms with Crippen LogP contribution in [0.25, 0.3) is 0 Å². The topological polar surface area (TPSA) is 155 Å². The first-order valence-electron chi connectivity index (χ1n) is 9.53. The van der Waals surface area contributed by atoms with Gasteiger partial charge in [-0.2, -0.15) is 0 Å². The van der Waals surface area contributed by atoms with Crippen LogP contribution in [0.1, 0.15) is 47.9 Å². The highest BCUT2D eigenvalue weighted by Crippen LogP contribution is 2.31. The quantitative estimate of drug-likeness (QED) is 0.292. The van der Waals surface area contributed by atoms with E-state index in [9.17, 15) is 39.4 Å². The molecule has 0 radical (unpaired) electrons. The van der Waals surface area contributed by atoms with Crippen LogP contribution in [0.15, 0.2) is 71.8 Å². The number of non-ortho nitro benzene ring substituents is 2. The third-order valence-electron chi connectivity index (χ3n) is 5.24. The minimum absolute atomic E-state index is 0.0273. The summed E-state index contributed by atoms with van der Waals surface area (Å²) in [7, 11) is 0. The van der Waals surface area contributed by atoms with Gasteiger partial charge in [0.05, 0.1) is 21.0 Å². The fourth-order valence-electron chi connectivity index (χ4n) is 3.62. The predicted octanol–water partition coefficient (Wildman–Crippen LogP) is 3.76. The molecule has 10 heteroatoms. The number of nitro groups is 2. The van der Waals surface area contributed by atoms with Gasteiger partial charge < -0.3 is 0 Å². The van der Waals surface area contributed by atoms with E-state index in [0.29, 0.717) is 0 Å². The van der Waals surface area contributed by atoms with Crippen LogP contribution in [0, 0.1) is 20.2 Å². The Morgan fingerprint density at radius 3 is 1.64 bits per heavy atom. The summed E-state index contributed by atoms with van der Waals surface area (Å²) in [6.45, 7) is 0. The summed E-state index contributed by atoms with van der Waals surface area (Å²) < 4.78 is 0. The van der Waals surface area contributed by atoms with E-state index >= 15 is 0 Å². The lowest BCUT2D eigenvalue weighted by atomic mass is 10.1. The number of ketones is 4. The fraction of sp³-hybridized carbons (Fsp3) is 0.0435. The third-order valence-corrected chi connectivity index (χ3v) is 5.24. The summed E-state index contributed by atoms with van der Waals surface area (Å²) in [5, 5.41) is 21.8. The van der Waals surface area contributed by atoms with Crippen LogP contribution in [-0.2, 0) is 0 Å². The van der Waals surface area contributed by atoms with Crippen molar-refractivity contribution in [2.45, 2.75) is 6.42 Å². The predicted molar refractivity (Wildman–Crippen MR) is 113 cm³/mol. The number of hydrogen-bond acceptors (Lipinski definition) is 8. The molecule has 162 valence electrons. The van der Waals surface area contributed by atoms with Crippen molar-refractivity contribution >= 4 is 34.5 Å². The molecule has 0 heterocycles. The van der Waals surface area contributed by atoms with Crippen molar-refractivity contribution in [1.82, 2.24) is 0 Å². The van der Waals surface area contributed by atoms with E-state index in [2.05, 4.69) is 0 Å². The van der Waals surface area contributed by atoms with Crippen molar-refractivity contribution in [3.05, 3.63) is 114 Å². The Morgan fingerprint density at radius 1 is 0.667 bits per heavy atom. The molecule has 0 saturated carbocycles. The molecule has 2 aliphatic carbocycles. The Morgan fingerprint density at radius 2 is 1.12 bits per heavy atom. The maximum absolute atomic E-state index is 12.5. The van der Waals surface area contributed by atoms with Gasteiger partial charge in [0.2, 0.25) is 0 Å². The second-order valence-corrected chi connectivity index (χ2v) is 7.15. The lowest BCUT2D eigenvalue weighted by Crippen LogP contribution is -2.00. The number of hydrogen-bond donors (Lipinski definition) is 0. The van der Waals surface area contributed by atoms with Crippen LogP contribution in [0.4, 0.5) is 11.4 Å². The molecule has 0 aromatic heterocycles. The molecule has 0 aliphatic heterocycles. The second-order valence-electron chi connectivity index (χ2n) is 7.15. The summed E-state index contributed by atoms with van der Waals surface area (Å²) >= 11 is 0. The SMILES string of the molecule is O=C1C(=CC=CCC=C2C(=O)c3ccc([N+](=O)[O-])cc3C2=O)C(=O)c2cc([N+](=O)[O-])ccc21. The summed E-state index contributed by atoms with van der Waals surface area (Å²) in [5.74, 6) is -2.32. The Kier molecular flexibility index (Phi) is 5.18. The summed E-state index contributed by atoms with van der Waals surface area (Å²) in [6, 6.07) is 6.91. The molecule has 2 aromatic carbocycles. The normalized spacial score (nSPS) is 17.3. The first-order valence-corrected chi connectivity index (χ1v) is 9.53. The first-order chi connectivity index (χ1) is 15.7. The Bertz CT molecular complexity index is 1410. The Labute approximate surface area is 184 Å². The monoisotopic (exact) mass is 444 g/mol. The van der Waals surface area contributed by atoms with Crippen molar-refractivity contribution in [2.24, 2.45) is 0 Å². The number of Topliss-reactive ketones (excluding diaryl/α,β-unsaturated/α-hetero) is 4. The van der Waals surface area contributed by atoms with Gasteiger partial charge in [0, 0.05) is 46.5 Å². The zero-order chi connectivity index (χ0) is 23.9. The van der Waals surface area contributed by atoms with Gasteiger partial charge in [0.15, 0.2) is 23.1 Å². The molecule has 0 fully saturated rings. The highest BCUT2D eigenvalue weighted by molar-refractivity contribution is 6.40. The van der Waals surface area contributed by atoms with Crippen LogP contribution >= 0.6 is 0 Å². The second kappa shape index (κ2) is 8.00. The molecule has 10 nitrogen and oxygen atoms in total. The third kappa shape index (κ3) is 3.59. The molecule has 0 unspecified atom stereocenters. The van der Waals surface area contributed by atoms with Gasteiger partial charge in [-0.1, -0.05) is 18.2 Å². The number of carbonyl (C=O) groups is 4. The largest absolute Gasteiger partial charge is 0.288 e. The van der Waals surface area contributed by atoms with E-state index in [0.717, 1.165) is 24.3 Å². The van der Waals surface area contributed by atoms with Crippen LogP contribution in [0.2, 0.25) is 0 Å². The number of nitrogens with zero attached hydrogens (tertiary/aromatic N) is 2. The smallest absolute Gasteiger partial charge is 0.270 e. The minimum Gasteiger partial charge on any atom is -0.288 e. The standard InChI is InChI=1S/C23H12N2O8/c26-20-14-8-6-12(24(30)31)10-18(14)22(28)16(20)4-2-1-3-5-17-21(27)15-9-7-13(25(32)33)11-19(15)23(17)29/h1-2,4-11H,3H2. The van der Waals surface area contributed by atoms with Crippen molar-refractivity contribution in [3.63, 3.8) is 0 Å². The number of nitro benzene ring substituents is 2. The number of benzene rings is 2. The van der Waals surface area contributed by atoms with E-state index in [1.807, 2.05) is 0 Å². The van der Waals surface area contributed by atoms with Gasteiger partial charge in [0.25, 0.3) is 11.4 Å². The van der Waals surface area contributed by atoms with Crippen LogP contribution in [0.3, 0.4) is 0 Å². The van der Waals surface area contributed by atoms with E-state index in [-0.39, 0.29) is 51.2 Å². The number of rotatable bonds is 5. The fourth-order valence-corrected chi connectivity index (χ4v) is 3.62. The highest BCUT2D eigenvalue weighted by atomic mass is 16.6. The van der Waals surface area contributed by atoms with Gasteiger partial charge >= 0.3 is 0 Å². The average Bonchev–Trinajstić information content (AvgIpc) is 3.18. The minimum atomic E-state index is -0.657. The molecule has 0 spiro atoms. The maximum Gasteiger partial charge on any atom is 0.270 e. The van der Waals surface area contributed by atoms with Crippen LogP contribution in [0.5, 0.6) is 0 Å². The number of allylic oxidation sites excluding steroid dienone is 6. The molecule has 2 aromatic rings. The van der Waals surface area contributed by atoms with Crippen LogP contribution < -0.4 is 0 Å². The number of fused-ring (bicyclic) bond motifs is 2. The molecule has 33 heavy (non-hydrogen) atoms. The van der Waals surface area contributed by atoms with E-state index in [4.69, 9.17) is 0 Å². The molecule has 0 N–H and O–H groups in total. The molecule has 0 saturated heterocycles. The maximum atomic E-state index is 12.5. The lowest BCUT2D eigenvalue weighted by Gasteiger charge is -1.94. The van der Waals surface area contributed by atoms with Crippen molar-refractivity contribution in [3.8, 4) is 0 Å². The van der Waals surface area contributed by atoms with Crippen LogP contribution in [-0.4, -0.2) is 33.0 Å². The van der Waals surface area contributed by atoms with E-state index < -0.39 is 33.0 Å². The zero-order valence-electron chi connectivity index (χ0n) is 16.6. The van der Waals surface area contributed by atoms with Gasteiger partial charge in [-0.15, -0.1) is 0 Å². The summed E-state index contributed by atoms with van der Waals surface area (Å²) in [5.41, 5.74) is -0.739. The van der Waals surface area contributed by atoms with E-state index in [1.165, 1.54) is 36.4 Å². The first kappa shape index (κ1) is 21.4. The Balaban J connectivity index is 1.50. The molecule has 0 bridgehead atoms. The van der Waals surface area contributed by atoms with Gasteiger partial charge in [-0.25, -0.2) is 0 Å². The molecular weight excluding hydrogens is 432 g/mol. The van der Waals surface area contributed by atoms with E-state index in [1.54, 1.807) is 0 Å². The lowest BCUT2D eigenvalue weighted by molar-refractivity contribution is -0.385. The molecule has 2 aliphatic rings. The van der Waals surface area contributed by atoms with Gasteiger partial charge in [-0.3, -0.25) is 39.4 Å². The zero-order valence-corrected chi connectivity index (χ0v) is 16.6. The number of carbonyl (C=O) groups excluding carboxylic acids is 4. The molecular formula is C23H12N2O8. The highest BCUT2D eigenvalue weighted by Gasteiger charge is 2.35. The Hall–Kier alpha value is -4.86. The van der Waals surface area contributed by atoms with Gasteiger partial charge in [0.1, 0.15) is 0 Å². The summed E-state index contributed by atoms with van der Waals surface area (Å²) in [6.07, 6.45) is 5.67. The van der Waals surface area contributed by atoms with Crippen molar-refractivity contribution < 1.29 is 29.0 Å². The van der Waals surface area contributed by atoms with Crippen molar-refractivity contribution in [2.75, 3.05) is 0 Å². The summed E-state index contributed by atoms with van der Waals surface area (Å²) in [4.78, 5) is 70.2.